The molecule has 2 fully saturated rings. The van der Waals surface area contributed by atoms with E-state index < -0.39 is 23.8 Å². The first-order chi connectivity index (χ1) is 18.0. The van der Waals surface area contributed by atoms with Crippen molar-refractivity contribution >= 4 is 23.9 Å². The van der Waals surface area contributed by atoms with E-state index >= 15 is 0 Å². The fraction of sp³-hybridized carbons (Fsp3) is 0.515. The van der Waals surface area contributed by atoms with Gasteiger partial charge in [-0.3, -0.25) is 19.2 Å². The van der Waals surface area contributed by atoms with Crippen LogP contribution in [-0.2, 0) is 23.9 Å². The lowest BCUT2D eigenvalue weighted by molar-refractivity contribution is -0.153. The van der Waals surface area contributed by atoms with E-state index in [1.807, 2.05) is 67.6 Å². The first kappa shape index (κ1) is 36.5. The Morgan fingerprint density at radius 2 is 1.23 bits per heavy atom. The molecule has 1 saturated heterocycles. The summed E-state index contributed by atoms with van der Waals surface area (Å²) in [5.41, 5.74) is 2.22. The predicted octanol–water partition coefficient (Wildman–Crippen LogP) is 7.56. The van der Waals surface area contributed by atoms with E-state index in [0.717, 1.165) is 5.56 Å². The molecule has 1 aliphatic heterocycles. The van der Waals surface area contributed by atoms with E-state index in [9.17, 15) is 19.2 Å². The van der Waals surface area contributed by atoms with E-state index in [1.54, 1.807) is 6.92 Å². The number of esters is 2. The Hall–Kier alpha value is -3.48. The number of ether oxygens (including phenoxy) is 1. The van der Waals surface area contributed by atoms with Crippen LogP contribution in [0, 0.1) is 23.7 Å². The monoisotopic (exact) mass is 556 g/mol. The summed E-state index contributed by atoms with van der Waals surface area (Å²) in [6.45, 7) is 7.19. The molecule has 0 aromatic heterocycles. The molecule has 2 aromatic carbocycles. The van der Waals surface area contributed by atoms with Crippen LogP contribution in [0.2, 0.25) is 0 Å². The van der Waals surface area contributed by atoms with Crippen molar-refractivity contribution in [1.82, 2.24) is 0 Å². The van der Waals surface area contributed by atoms with Crippen molar-refractivity contribution in [3.05, 3.63) is 71.8 Å². The van der Waals surface area contributed by atoms with Gasteiger partial charge in [0.2, 0.25) is 0 Å². The van der Waals surface area contributed by atoms with E-state index in [0.29, 0.717) is 12.8 Å². The van der Waals surface area contributed by atoms with Gasteiger partial charge in [-0.1, -0.05) is 122 Å². The van der Waals surface area contributed by atoms with Crippen LogP contribution in [0.3, 0.4) is 0 Å². The molecule has 2 aliphatic rings. The minimum Gasteiger partial charge on any atom is -0.481 e. The van der Waals surface area contributed by atoms with Gasteiger partial charge in [0, 0.05) is 0 Å². The summed E-state index contributed by atoms with van der Waals surface area (Å²) in [7, 11) is 0. The van der Waals surface area contributed by atoms with Gasteiger partial charge in [-0.25, -0.2) is 0 Å². The van der Waals surface area contributed by atoms with Gasteiger partial charge in [-0.15, -0.1) is 0 Å². The Kier molecular flexibility index (Phi) is 16.4. The number of carboxylic acids is 2. The van der Waals surface area contributed by atoms with Crippen LogP contribution < -0.4 is 0 Å². The first-order valence-corrected chi connectivity index (χ1v) is 13.3. The third-order valence-corrected chi connectivity index (χ3v) is 7.10. The van der Waals surface area contributed by atoms with E-state index in [4.69, 9.17) is 10.2 Å². The SMILES string of the molecule is C.C.C1CC1.CC(CC(C(=O)O)C(C)C(=O)O)c1ccccc1.CC(CC1C(=O)OC(=O)C1C)c1ccccc1. The fourth-order valence-corrected chi connectivity index (χ4v) is 4.22. The van der Waals surface area contributed by atoms with Crippen molar-refractivity contribution in [3.8, 4) is 0 Å². The molecule has 1 heterocycles. The predicted molar refractivity (Wildman–Crippen MR) is 158 cm³/mol. The third kappa shape index (κ3) is 11.7. The maximum absolute atomic E-state index is 11.5. The van der Waals surface area contributed by atoms with Gasteiger partial charge < -0.3 is 14.9 Å². The van der Waals surface area contributed by atoms with Gasteiger partial charge in [0.05, 0.1) is 23.7 Å². The van der Waals surface area contributed by atoms with E-state index in [1.165, 1.54) is 31.7 Å². The second-order valence-electron chi connectivity index (χ2n) is 10.4. The molecule has 7 heteroatoms. The summed E-state index contributed by atoms with van der Waals surface area (Å²) in [6.07, 6.45) is 5.49. The molecule has 6 atom stereocenters. The highest BCUT2D eigenvalue weighted by molar-refractivity contribution is 5.96. The number of aliphatic carboxylic acids is 2. The zero-order chi connectivity index (χ0) is 28.2. The maximum Gasteiger partial charge on any atom is 0.317 e. The van der Waals surface area contributed by atoms with Crippen molar-refractivity contribution in [2.75, 3.05) is 0 Å². The van der Waals surface area contributed by atoms with Gasteiger partial charge in [0.25, 0.3) is 0 Å². The summed E-state index contributed by atoms with van der Waals surface area (Å²) < 4.78 is 4.64. The van der Waals surface area contributed by atoms with Crippen LogP contribution in [-0.4, -0.2) is 34.1 Å². The Morgan fingerprint density at radius 3 is 1.57 bits per heavy atom. The molecule has 222 valence electrons. The van der Waals surface area contributed by atoms with E-state index in [2.05, 4.69) is 11.7 Å². The molecule has 0 amide bonds. The number of carbonyl (C=O) groups excluding carboxylic acids is 2. The smallest absolute Gasteiger partial charge is 0.317 e. The summed E-state index contributed by atoms with van der Waals surface area (Å²) >= 11 is 0. The van der Waals surface area contributed by atoms with Crippen molar-refractivity contribution in [2.24, 2.45) is 23.7 Å². The first-order valence-electron chi connectivity index (χ1n) is 13.3. The molecule has 2 aromatic rings. The van der Waals surface area contributed by atoms with Crippen LogP contribution in [0.15, 0.2) is 60.7 Å². The minimum absolute atomic E-state index is 0. The summed E-state index contributed by atoms with van der Waals surface area (Å²) in [4.78, 5) is 44.8. The van der Waals surface area contributed by atoms with Gasteiger partial charge >= 0.3 is 23.9 Å². The highest BCUT2D eigenvalue weighted by Gasteiger charge is 2.41. The average Bonchev–Trinajstić information content (AvgIpc) is 3.77. The number of carboxylic acid groups (broad SMARTS) is 2. The Morgan fingerprint density at radius 1 is 0.775 bits per heavy atom. The second-order valence-corrected chi connectivity index (χ2v) is 10.4. The quantitative estimate of drug-likeness (QED) is 0.242. The van der Waals surface area contributed by atoms with Crippen molar-refractivity contribution in [3.63, 3.8) is 0 Å². The van der Waals surface area contributed by atoms with Crippen molar-refractivity contribution in [2.45, 2.75) is 86.5 Å². The largest absolute Gasteiger partial charge is 0.481 e. The van der Waals surface area contributed by atoms with Crippen LogP contribution in [0.25, 0.3) is 0 Å². The normalized spacial score (nSPS) is 19.8. The molecular weight excluding hydrogens is 508 g/mol. The van der Waals surface area contributed by atoms with Gasteiger partial charge in [0.1, 0.15) is 0 Å². The average molecular weight is 557 g/mol. The zero-order valence-corrected chi connectivity index (χ0v) is 22.7. The molecular formula is C33H48O7. The highest BCUT2D eigenvalue weighted by atomic mass is 16.6. The number of hydrogen-bond acceptors (Lipinski definition) is 5. The molecule has 0 bridgehead atoms. The highest BCUT2D eigenvalue weighted by Crippen LogP contribution is 2.33. The standard InChI is InChI=1S/C14H18O4.C14H16O3.C3H6.2CH4/c1-9(11-6-4-3-5-7-11)8-12(14(17)18)10(2)13(15)16;1-9(11-6-4-3-5-7-11)8-12-10(2)13(15)17-14(12)16;1-2-3-1;;/h3-7,9-10,12H,8H2,1-2H3,(H,15,16)(H,17,18);3-7,9-10,12H,8H2,1-2H3;1-3H2;2*1H4. The van der Waals surface area contributed by atoms with Gasteiger partial charge in [0.15, 0.2) is 0 Å². The van der Waals surface area contributed by atoms with Crippen LogP contribution >= 0.6 is 0 Å². The van der Waals surface area contributed by atoms with E-state index in [-0.39, 0.29) is 50.5 Å². The number of carbonyl (C=O) groups is 4. The number of hydrogen-bond donors (Lipinski definition) is 2. The molecule has 6 unspecified atom stereocenters. The summed E-state index contributed by atoms with van der Waals surface area (Å²) in [6, 6.07) is 19.5. The zero-order valence-electron chi connectivity index (χ0n) is 22.7. The summed E-state index contributed by atoms with van der Waals surface area (Å²) in [5.74, 6) is -4.95. The third-order valence-electron chi connectivity index (χ3n) is 7.10. The molecule has 7 nitrogen and oxygen atoms in total. The lowest BCUT2D eigenvalue weighted by atomic mass is 9.83. The number of cyclic esters (lactones) is 2. The fourth-order valence-electron chi connectivity index (χ4n) is 4.22. The Balaban J connectivity index is 0.000000656. The van der Waals surface area contributed by atoms with Gasteiger partial charge in [-0.2, -0.15) is 0 Å². The summed E-state index contributed by atoms with van der Waals surface area (Å²) in [5, 5.41) is 18.0. The van der Waals surface area contributed by atoms with Gasteiger partial charge in [-0.05, 0) is 35.8 Å². The Labute approximate surface area is 240 Å². The van der Waals surface area contributed by atoms with Crippen LogP contribution in [0.5, 0.6) is 0 Å². The minimum atomic E-state index is -1.07. The topological polar surface area (TPSA) is 118 Å². The number of benzene rings is 2. The molecule has 2 N–H and O–H groups in total. The molecule has 40 heavy (non-hydrogen) atoms. The van der Waals surface area contributed by atoms with Crippen LogP contribution in [0.1, 0.15) is 97.6 Å². The van der Waals surface area contributed by atoms with Crippen molar-refractivity contribution < 1.29 is 34.1 Å². The molecule has 1 saturated carbocycles. The van der Waals surface area contributed by atoms with Crippen LogP contribution in [0.4, 0.5) is 0 Å². The second kappa shape index (κ2) is 18.0. The molecule has 0 radical (unpaired) electrons. The number of rotatable bonds is 9. The van der Waals surface area contributed by atoms with Crippen molar-refractivity contribution in [1.29, 1.82) is 0 Å². The lowest BCUT2D eigenvalue weighted by Crippen LogP contribution is -2.28. The lowest BCUT2D eigenvalue weighted by Gasteiger charge is -2.20. The molecule has 1 aliphatic carbocycles. The Bertz CT molecular complexity index is 1050. The maximum atomic E-state index is 11.5. The molecule has 0 spiro atoms. The molecule has 4 rings (SSSR count).